The number of aryl methyl sites for hydroxylation is 1. The van der Waals surface area contributed by atoms with E-state index in [-0.39, 0.29) is 4.34 Å². The molecule has 0 atom stereocenters. The van der Waals surface area contributed by atoms with E-state index in [4.69, 9.17) is 5.14 Å². The van der Waals surface area contributed by atoms with Crippen LogP contribution in [-0.2, 0) is 16.4 Å². The van der Waals surface area contributed by atoms with Gasteiger partial charge in [-0.05, 0) is 11.5 Å². The van der Waals surface area contributed by atoms with Crippen molar-refractivity contribution in [3.63, 3.8) is 0 Å². The lowest BCUT2D eigenvalue weighted by atomic mass is 10.5. The van der Waals surface area contributed by atoms with Gasteiger partial charge in [0.05, 0.1) is 0 Å². The van der Waals surface area contributed by atoms with Crippen molar-refractivity contribution in [3.8, 4) is 0 Å². The second-order valence-electron chi connectivity index (χ2n) is 1.88. The largest absolute Gasteiger partial charge is 0.266 e. The van der Waals surface area contributed by atoms with Gasteiger partial charge in [0.2, 0.25) is 4.34 Å². The summed E-state index contributed by atoms with van der Waals surface area (Å²) < 4.78 is 25.0. The van der Waals surface area contributed by atoms with E-state index >= 15 is 0 Å². The van der Waals surface area contributed by atoms with Crippen molar-refractivity contribution in [1.29, 1.82) is 0 Å². The summed E-state index contributed by atoms with van der Waals surface area (Å²) in [6.07, 6.45) is 0.617. The van der Waals surface area contributed by atoms with Crippen LogP contribution in [0, 0.1) is 0 Å². The number of sulfonamides is 1. The molecular formula is C4H7N3O2S2. The number of hydrogen-bond acceptors (Lipinski definition) is 5. The predicted octanol–water partition coefficient (Wildman–Crippen LogP) is -0.252. The van der Waals surface area contributed by atoms with E-state index in [1.165, 1.54) is 0 Å². The molecule has 0 unspecified atom stereocenters. The zero-order valence-electron chi connectivity index (χ0n) is 5.81. The number of aromatic nitrogens is 2. The molecule has 1 aromatic heterocycles. The number of hydrogen-bond donors (Lipinski definition) is 1. The number of nitrogens with two attached hydrogens (primary N) is 1. The molecule has 0 amide bonds. The van der Waals surface area contributed by atoms with Gasteiger partial charge in [0, 0.05) is 6.42 Å². The molecule has 0 spiro atoms. The Kier molecular flexibility index (Phi) is 2.21. The van der Waals surface area contributed by atoms with Gasteiger partial charge in [-0.2, -0.15) is 4.37 Å². The summed E-state index contributed by atoms with van der Waals surface area (Å²) in [4.78, 5) is 3.69. The summed E-state index contributed by atoms with van der Waals surface area (Å²) in [6, 6.07) is 0. The molecule has 7 heteroatoms. The molecule has 0 aliphatic rings. The van der Waals surface area contributed by atoms with Crippen molar-refractivity contribution in [1.82, 2.24) is 9.36 Å². The maximum Gasteiger partial charge on any atom is 0.266 e. The zero-order chi connectivity index (χ0) is 8.48. The van der Waals surface area contributed by atoms with Gasteiger partial charge in [0.15, 0.2) is 0 Å². The highest BCUT2D eigenvalue weighted by Gasteiger charge is 2.13. The molecular weight excluding hydrogens is 186 g/mol. The molecule has 1 heterocycles. The fourth-order valence-corrected chi connectivity index (χ4v) is 1.76. The highest BCUT2D eigenvalue weighted by Crippen LogP contribution is 2.09. The average Bonchev–Trinajstić information content (AvgIpc) is 2.32. The van der Waals surface area contributed by atoms with Crippen LogP contribution in [0.15, 0.2) is 4.34 Å². The first-order valence-electron chi connectivity index (χ1n) is 2.89. The smallest absolute Gasteiger partial charge is 0.223 e. The van der Waals surface area contributed by atoms with Gasteiger partial charge >= 0.3 is 0 Å². The molecule has 0 aliphatic heterocycles. The Balaban J connectivity index is 3.09. The molecule has 2 N–H and O–H groups in total. The third-order valence-corrected chi connectivity index (χ3v) is 3.06. The van der Waals surface area contributed by atoms with Crippen molar-refractivity contribution in [3.05, 3.63) is 5.82 Å². The van der Waals surface area contributed by atoms with Crippen LogP contribution < -0.4 is 5.14 Å². The Morgan fingerprint density at radius 2 is 2.27 bits per heavy atom. The monoisotopic (exact) mass is 193 g/mol. The lowest BCUT2D eigenvalue weighted by Gasteiger charge is -1.85. The standard InChI is InChI=1S/C4H7N3O2S2/c1-2-3-6-4(10-7-3)11(5,8)9/h2H2,1H3,(H2,5,8,9). The molecule has 0 radical (unpaired) electrons. The van der Waals surface area contributed by atoms with E-state index in [9.17, 15) is 8.42 Å². The Morgan fingerprint density at radius 1 is 1.64 bits per heavy atom. The number of primary sulfonamides is 1. The van der Waals surface area contributed by atoms with Crippen LogP contribution in [0.4, 0.5) is 0 Å². The van der Waals surface area contributed by atoms with Gasteiger partial charge < -0.3 is 0 Å². The van der Waals surface area contributed by atoms with E-state index in [0.29, 0.717) is 12.2 Å². The Morgan fingerprint density at radius 3 is 2.55 bits per heavy atom. The molecule has 0 fully saturated rings. The van der Waals surface area contributed by atoms with Gasteiger partial charge in [0.1, 0.15) is 5.82 Å². The highest BCUT2D eigenvalue weighted by atomic mass is 32.2. The minimum absolute atomic E-state index is 0.116. The van der Waals surface area contributed by atoms with Gasteiger partial charge in [0.25, 0.3) is 10.0 Å². The molecule has 11 heavy (non-hydrogen) atoms. The van der Waals surface area contributed by atoms with Crippen LogP contribution in [0.25, 0.3) is 0 Å². The summed E-state index contributed by atoms with van der Waals surface area (Å²) in [5, 5.41) is 4.80. The Hall–Kier alpha value is -0.530. The first-order valence-corrected chi connectivity index (χ1v) is 5.21. The number of rotatable bonds is 2. The summed E-state index contributed by atoms with van der Waals surface area (Å²) in [5.74, 6) is 0.513. The second kappa shape index (κ2) is 2.84. The molecule has 0 aliphatic carbocycles. The summed E-state index contributed by atoms with van der Waals surface area (Å²) >= 11 is 0.807. The van der Waals surface area contributed by atoms with Crippen molar-refractivity contribution < 1.29 is 8.42 Å². The van der Waals surface area contributed by atoms with Gasteiger partial charge in [-0.1, -0.05) is 6.92 Å². The summed E-state index contributed by atoms with van der Waals surface area (Å²) in [5.41, 5.74) is 0. The quantitative estimate of drug-likeness (QED) is 0.701. The average molecular weight is 193 g/mol. The van der Waals surface area contributed by atoms with E-state index in [1.807, 2.05) is 6.92 Å². The maximum atomic E-state index is 10.6. The molecule has 0 bridgehead atoms. The molecule has 62 valence electrons. The third-order valence-electron chi connectivity index (χ3n) is 1.01. The van der Waals surface area contributed by atoms with Crippen LogP contribution in [0.2, 0.25) is 0 Å². The van der Waals surface area contributed by atoms with Crippen LogP contribution in [0.3, 0.4) is 0 Å². The van der Waals surface area contributed by atoms with E-state index < -0.39 is 10.0 Å². The zero-order valence-corrected chi connectivity index (χ0v) is 7.44. The Bertz CT molecular complexity index is 342. The van der Waals surface area contributed by atoms with Crippen LogP contribution in [0.5, 0.6) is 0 Å². The van der Waals surface area contributed by atoms with Crippen LogP contribution in [-0.4, -0.2) is 17.8 Å². The minimum Gasteiger partial charge on any atom is -0.223 e. The van der Waals surface area contributed by atoms with Gasteiger partial charge in [-0.15, -0.1) is 0 Å². The summed E-state index contributed by atoms with van der Waals surface area (Å²) in [6.45, 7) is 1.84. The number of nitrogens with zero attached hydrogens (tertiary/aromatic N) is 2. The maximum absolute atomic E-state index is 10.6. The van der Waals surface area contributed by atoms with E-state index in [2.05, 4.69) is 9.36 Å². The lowest BCUT2D eigenvalue weighted by Crippen LogP contribution is -2.11. The lowest BCUT2D eigenvalue weighted by molar-refractivity contribution is 0.596. The van der Waals surface area contributed by atoms with E-state index in [1.54, 1.807) is 0 Å². The first-order chi connectivity index (χ1) is 5.04. The SMILES string of the molecule is CCc1nsc(S(N)(=O)=O)n1. The third kappa shape index (κ3) is 1.95. The van der Waals surface area contributed by atoms with Crippen molar-refractivity contribution >= 4 is 21.6 Å². The van der Waals surface area contributed by atoms with Gasteiger partial charge in [-0.25, -0.2) is 18.5 Å². The van der Waals surface area contributed by atoms with Crippen molar-refractivity contribution in [2.24, 2.45) is 5.14 Å². The summed E-state index contributed by atoms with van der Waals surface area (Å²) in [7, 11) is -3.65. The van der Waals surface area contributed by atoms with Crippen LogP contribution >= 0.6 is 11.5 Å². The van der Waals surface area contributed by atoms with Crippen molar-refractivity contribution in [2.45, 2.75) is 17.7 Å². The second-order valence-corrected chi connectivity index (χ2v) is 4.36. The highest BCUT2D eigenvalue weighted by molar-refractivity contribution is 7.91. The fraction of sp³-hybridized carbons (Fsp3) is 0.500. The van der Waals surface area contributed by atoms with Gasteiger partial charge in [-0.3, -0.25) is 0 Å². The molecule has 1 aromatic rings. The molecule has 0 saturated heterocycles. The fourth-order valence-electron chi connectivity index (χ4n) is 0.497. The molecule has 5 nitrogen and oxygen atoms in total. The van der Waals surface area contributed by atoms with Crippen molar-refractivity contribution in [2.75, 3.05) is 0 Å². The molecule has 1 rings (SSSR count). The van der Waals surface area contributed by atoms with Crippen LogP contribution in [0.1, 0.15) is 12.7 Å². The minimum atomic E-state index is -3.65. The first kappa shape index (κ1) is 8.57. The molecule has 0 aromatic carbocycles. The predicted molar refractivity (Wildman–Crippen MR) is 40.7 cm³/mol. The molecule has 0 saturated carbocycles. The topological polar surface area (TPSA) is 85.9 Å². The Labute approximate surface area is 68.5 Å². The van der Waals surface area contributed by atoms with E-state index in [0.717, 1.165) is 11.5 Å². The normalized spacial score (nSPS) is 11.8.